The average molecular weight is 694 g/mol. The normalized spacial score (nSPS) is 14.6. The largest absolute Gasteiger partial charge is 0.494 e. The van der Waals surface area contributed by atoms with Crippen LogP contribution in [0.4, 0.5) is 5.69 Å². The number of benzene rings is 4. The number of thiazole rings is 1. The summed E-state index contributed by atoms with van der Waals surface area (Å²) >= 11 is 14.0. The molecule has 0 saturated carbocycles. The Labute approximate surface area is 290 Å². The Morgan fingerprint density at radius 2 is 1.75 bits per heavy atom. The van der Waals surface area contributed by atoms with E-state index in [1.807, 2.05) is 117 Å². The van der Waals surface area contributed by atoms with Crippen molar-refractivity contribution in [3.63, 3.8) is 0 Å². The van der Waals surface area contributed by atoms with Crippen LogP contribution >= 0.6 is 34.5 Å². The molecule has 7 nitrogen and oxygen atoms in total. The van der Waals surface area contributed by atoms with Gasteiger partial charge in [-0.05, 0) is 73.5 Å². The SMILES string of the molecule is CCOc1ccc([C@H]2C(C(=O)Nc3ccccc3)=C(C)N=c3s/c(=C\c4cn(Cc5ccc(Cl)cc5Cl)c5ccccc45)c(=O)n32)cc1. The number of rotatable bonds is 8. The first-order valence-electron chi connectivity index (χ1n) is 15.4. The van der Waals surface area contributed by atoms with Gasteiger partial charge < -0.3 is 14.6 Å². The van der Waals surface area contributed by atoms with Gasteiger partial charge in [-0.3, -0.25) is 14.2 Å². The molecule has 0 spiro atoms. The van der Waals surface area contributed by atoms with Crippen LogP contribution in [0.15, 0.2) is 124 Å². The van der Waals surface area contributed by atoms with Crippen molar-refractivity contribution in [2.45, 2.75) is 26.4 Å². The van der Waals surface area contributed by atoms with Crippen molar-refractivity contribution in [3.8, 4) is 5.75 Å². The van der Waals surface area contributed by atoms with Gasteiger partial charge in [0.05, 0.1) is 28.5 Å². The minimum absolute atomic E-state index is 0.229. The highest BCUT2D eigenvalue weighted by Gasteiger charge is 2.32. The van der Waals surface area contributed by atoms with Crippen LogP contribution < -0.4 is 24.9 Å². The van der Waals surface area contributed by atoms with Gasteiger partial charge in [-0.2, -0.15) is 0 Å². The van der Waals surface area contributed by atoms with Crippen molar-refractivity contribution in [2.75, 3.05) is 11.9 Å². The molecule has 0 unspecified atom stereocenters. The van der Waals surface area contributed by atoms with Gasteiger partial charge >= 0.3 is 0 Å². The molecule has 0 aliphatic carbocycles. The number of allylic oxidation sites excluding steroid dienone is 1. The van der Waals surface area contributed by atoms with Crippen molar-refractivity contribution >= 4 is 63.1 Å². The van der Waals surface area contributed by atoms with Crippen LogP contribution in [0.3, 0.4) is 0 Å². The number of aromatic nitrogens is 2. The van der Waals surface area contributed by atoms with Gasteiger partial charge in [-0.25, -0.2) is 4.99 Å². The molecule has 1 aliphatic heterocycles. The quantitative estimate of drug-likeness (QED) is 0.179. The van der Waals surface area contributed by atoms with Crippen LogP contribution in [-0.4, -0.2) is 21.6 Å². The number of fused-ring (bicyclic) bond motifs is 2. The number of hydrogen-bond acceptors (Lipinski definition) is 5. The lowest BCUT2D eigenvalue weighted by Gasteiger charge is -2.25. The molecular weight excluding hydrogens is 663 g/mol. The molecule has 3 heterocycles. The zero-order chi connectivity index (χ0) is 33.4. The Balaban J connectivity index is 1.35. The molecule has 1 aliphatic rings. The lowest BCUT2D eigenvalue weighted by Crippen LogP contribution is -2.40. The fourth-order valence-corrected chi connectivity index (χ4v) is 7.56. The molecule has 1 amide bonds. The van der Waals surface area contributed by atoms with E-state index < -0.39 is 6.04 Å². The fraction of sp³-hybridized carbons (Fsp3) is 0.132. The second-order valence-corrected chi connectivity index (χ2v) is 13.2. The number of nitrogens with zero attached hydrogens (tertiary/aromatic N) is 3. The fourth-order valence-electron chi connectivity index (χ4n) is 6.06. The Morgan fingerprint density at radius 3 is 2.50 bits per heavy atom. The van der Waals surface area contributed by atoms with E-state index in [2.05, 4.69) is 9.88 Å². The Bertz CT molecular complexity index is 2390. The molecule has 240 valence electrons. The predicted molar refractivity (Wildman–Crippen MR) is 194 cm³/mol. The van der Waals surface area contributed by atoms with E-state index in [9.17, 15) is 9.59 Å². The number of carbonyl (C=O) groups excluding carboxylic acids is 1. The molecule has 0 fully saturated rings. The Morgan fingerprint density at radius 1 is 1.00 bits per heavy atom. The molecule has 6 aromatic rings. The van der Waals surface area contributed by atoms with Crippen LogP contribution in [0, 0.1) is 0 Å². The summed E-state index contributed by atoms with van der Waals surface area (Å²) in [5.74, 6) is 0.389. The lowest BCUT2D eigenvalue weighted by atomic mass is 9.95. The summed E-state index contributed by atoms with van der Waals surface area (Å²) in [5, 5.41) is 5.17. The van der Waals surface area contributed by atoms with Crippen molar-refractivity contribution in [1.29, 1.82) is 0 Å². The van der Waals surface area contributed by atoms with Crippen LogP contribution in [0.2, 0.25) is 10.0 Å². The smallest absolute Gasteiger partial charge is 0.271 e. The summed E-state index contributed by atoms with van der Waals surface area (Å²) in [5.41, 5.74) is 4.97. The first-order chi connectivity index (χ1) is 23.3. The van der Waals surface area contributed by atoms with E-state index in [4.69, 9.17) is 32.9 Å². The summed E-state index contributed by atoms with van der Waals surface area (Å²) in [7, 11) is 0. The molecule has 0 radical (unpaired) electrons. The van der Waals surface area contributed by atoms with E-state index in [-0.39, 0.29) is 11.5 Å². The second kappa shape index (κ2) is 13.3. The minimum Gasteiger partial charge on any atom is -0.494 e. The second-order valence-electron chi connectivity index (χ2n) is 11.4. The summed E-state index contributed by atoms with van der Waals surface area (Å²) in [6.07, 6.45) is 3.94. The highest BCUT2D eigenvalue weighted by molar-refractivity contribution is 7.07. The zero-order valence-electron chi connectivity index (χ0n) is 26.1. The maximum Gasteiger partial charge on any atom is 0.271 e. The molecule has 1 N–H and O–H groups in total. The summed E-state index contributed by atoms with van der Waals surface area (Å²) < 4.78 is 9.93. The van der Waals surface area contributed by atoms with Gasteiger partial charge in [0.25, 0.3) is 11.5 Å². The first-order valence-corrected chi connectivity index (χ1v) is 17.0. The van der Waals surface area contributed by atoms with Crippen LogP contribution in [0.5, 0.6) is 5.75 Å². The number of halogens is 2. The van der Waals surface area contributed by atoms with E-state index >= 15 is 0 Å². The van der Waals surface area contributed by atoms with Gasteiger partial charge in [-0.1, -0.05) is 89.1 Å². The van der Waals surface area contributed by atoms with Crippen molar-refractivity contribution < 1.29 is 9.53 Å². The average Bonchev–Trinajstić information content (AvgIpc) is 3.58. The van der Waals surface area contributed by atoms with E-state index in [1.165, 1.54) is 11.3 Å². The van der Waals surface area contributed by atoms with Gasteiger partial charge in [0.2, 0.25) is 0 Å². The zero-order valence-corrected chi connectivity index (χ0v) is 28.4. The molecule has 7 rings (SSSR count). The predicted octanol–water partition coefficient (Wildman–Crippen LogP) is 7.58. The van der Waals surface area contributed by atoms with E-state index in [0.29, 0.717) is 55.2 Å². The first kappa shape index (κ1) is 31.7. The third kappa shape index (κ3) is 6.10. The Hall–Kier alpha value is -4.89. The highest BCUT2D eigenvalue weighted by Crippen LogP contribution is 2.32. The van der Waals surface area contributed by atoms with Crippen molar-refractivity contribution in [1.82, 2.24) is 9.13 Å². The maximum absolute atomic E-state index is 14.4. The number of hydrogen-bond donors (Lipinski definition) is 1. The van der Waals surface area contributed by atoms with Crippen molar-refractivity contribution in [3.05, 3.63) is 161 Å². The molecule has 10 heteroatoms. The number of amides is 1. The highest BCUT2D eigenvalue weighted by atomic mass is 35.5. The number of carbonyl (C=O) groups is 1. The number of anilines is 1. The molecule has 48 heavy (non-hydrogen) atoms. The summed E-state index contributed by atoms with van der Waals surface area (Å²) in [6.45, 7) is 4.80. The van der Waals surface area contributed by atoms with Gasteiger partial charge in [-0.15, -0.1) is 0 Å². The summed E-state index contributed by atoms with van der Waals surface area (Å²) in [4.78, 5) is 33.6. The van der Waals surface area contributed by atoms with Crippen LogP contribution in [0.1, 0.15) is 36.6 Å². The Kier molecular flexibility index (Phi) is 8.79. The molecular formula is C38H30Cl2N4O3S. The molecule has 2 aromatic heterocycles. The molecule has 4 aromatic carbocycles. The summed E-state index contributed by atoms with van der Waals surface area (Å²) in [6, 6.07) is 29.6. The van der Waals surface area contributed by atoms with E-state index in [0.717, 1.165) is 27.6 Å². The van der Waals surface area contributed by atoms with Crippen LogP contribution in [-0.2, 0) is 11.3 Å². The maximum atomic E-state index is 14.4. The van der Waals surface area contributed by atoms with Gasteiger partial charge in [0.1, 0.15) is 5.75 Å². The number of para-hydroxylation sites is 2. The third-order valence-corrected chi connectivity index (χ3v) is 9.84. The monoisotopic (exact) mass is 692 g/mol. The van der Waals surface area contributed by atoms with Gasteiger partial charge in [0, 0.05) is 44.9 Å². The number of nitrogens with one attached hydrogen (secondary N) is 1. The topological polar surface area (TPSA) is 77.6 Å². The minimum atomic E-state index is -0.698. The van der Waals surface area contributed by atoms with Crippen LogP contribution in [0.25, 0.3) is 17.0 Å². The van der Waals surface area contributed by atoms with E-state index in [1.54, 1.807) is 10.6 Å². The lowest BCUT2D eigenvalue weighted by molar-refractivity contribution is -0.113. The van der Waals surface area contributed by atoms with Gasteiger partial charge in [0.15, 0.2) is 4.80 Å². The molecule has 1 atom stereocenters. The third-order valence-electron chi connectivity index (χ3n) is 8.27. The standard InChI is InChI=1S/C38H30Cl2N4O3S/c1-3-47-29-17-14-24(15-18-29)35-34(36(45)42-28-9-5-4-6-10-28)23(2)41-38-44(35)37(46)33(48-38)19-26-22-43(32-12-8-7-11-30(26)32)21-25-13-16-27(39)20-31(25)40/h4-20,22,35H,3,21H2,1-2H3,(H,42,45)/b33-19-/t35-/m0/s1. The number of ether oxygens (including phenoxy) is 1. The molecule has 0 bridgehead atoms. The molecule has 0 saturated heterocycles. The van der Waals surface area contributed by atoms with Crippen molar-refractivity contribution in [2.24, 2.45) is 4.99 Å².